The highest BCUT2D eigenvalue weighted by atomic mass is 35.5. The van der Waals surface area contributed by atoms with Crippen molar-refractivity contribution < 1.29 is 23.8 Å². The van der Waals surface area contributed by atoms with Crippen LogP contribution in [0.1, 0.15) is 18.4 Å². The molecule has 0 fully saturated rings. The molecule has 188 valence electrons. The second-order valence-electron chi connectivity index (χ2n) is 7.67. The van der Waals surface area contributed by atoms with Crippen LogP contribution in [0.25, 0.3) is 0 Å². The molecule has 0 radical (unpaired) electrons. The monoisotopic (exact) mass is 527 g/mol. The lowest BCUT2D eigenvalue weighted by molar-refractivity contribution is -0.140. The zero-order valence-electron chi connectivity index (χ0n) is 20.1. The van der Waals surface area contributed by atoms with Gasteiger partial charge in [-0.3, -0.25) is 4.79 Å². The number of carbonyl (C=O) groups is 2. The maximum absolute atomic E-state index is 13.0. The zero-order valence-corrected chi connectivity index (χ0v) is 21.7. The van der Waals surface area contributed by atoms with Crippen molar-refractivity contribution in [3.8, 4) is 11.8 Å². The van der Waals surface area contributed by atoms with Crippen LogP contribution >= 0.6 is 23.4 Å². The molecule has 0 saturated carbocycles. The Hall–Kier alpha value is -3.45. The summed E-state index contributed by atoms with van der Waals surface area (Å²) in [5, 5.41) is 16.9. The first-order valence-electron chi connectivity index (χ1n) is 11.0. The van der Waals surface area contributed by atoms with Gasteiger partial charge in [0.1, 0.15) is 12.4 Å². The van der Waals surface area contributed by atoms with Gasteiger partial charge in [0.25, 0.3) is 0 Å². The number of methoxy groups -OCH3 is 2. The molecule has 1 heterocycles. The van der Waals surface area contributed by atoms with E-state index in [0.29, 0.717) is 32.7 Å². The number of allylic oxidation sites excluding steroid dienone is 2. The minimum atomic E-state index is -0.757. The summed E-state index contributed by atoms with van der Waals surface area (Å²) in [7, 11) is 3.08. The van der Waals surface area contributed by atoms with Crippen molar-refractivity contribution in [1.29, 1.82) is 5.26 Å². The number of halogens is 1. The average Bonchev–Trinajstić information content (AvgIpc) is 2.88. The van der Waals surface area contributed by atoms with Crippen LogP contribution in [0.2, 0.25) is 5.02 Å². The van der Waals surface area contributed by atoms with E-state index in [-0.39, 0.29) is 36.0 Å². The average molecular weight is 528 g/mol. The summed E-state index contributed by atoms with van der Waals surface area (Å²) >= 11 is 7.65. The van der Waals surface area contributed by atoms with Crippen LogP contribution in [0, 0.1) is 11.3 Å². The van der Waals surface area contributed by atoms with Gasteiger partial charge in [0.15, 0.2) is 0 Å². The van der Waals surface area contributed by atoms with Crippen molar-refractivity contribution in [3.63, 3.8) is 0 Å². The molecule has 0 aromatic heterocycles. The fourth-order valence-electron chi connectivity index (χ4n) is 3.62. The van der Waals surface area contributed by atoms with E-state index < -0.39 is 11.9 Å². The first-order chi connectivity index (χ1) is 17.4. The van der Waals surface area contributed by atoms with E-state index in [2.05, 4.69) is 16.7 Å². The molecule has 1 atom stereocenters. The van der Waals surface area contributed by atoms with Crippen molar-refractivity contribution in [3.05, 3.63) is 81.0 Å². The van der Waals surface area contributed by atoms with Crippen LogP contribution in [0.4, 0.5) is 5.69 Å². The molecule has 2 aromatic rings. The maximum atomic E-state index is 13.0. The van der Waals surface area contributed by atoms with Crippen molar-refractivity contribution in [2.24, 2.45) is 0 Å². The number of hydrogen-bond donors (Lipinski definition) is 2. The molecule has 10 heteroatoms. The summed E-state index contributed by atoms with van der Waals surface area (Å²) in [6, 6.07) is 16.2. The quantitative estimate of drug-likeness (QED) is 0.340. The lowest BCUT2D eigenvalue weighted by Gasteiger charge is -2.29. The number of esters is 1. The van der Waals surface area contributed by atoms with Gasteiger partial charge in [0.2, 0.25) is 5.91 Å². The third-order valence-corrected chi connectivity index (χ3v) is 6.69. The number of rotatable bonds is 10. The molecule has 2 N–H and O–H groups in total. The molecule has 1 aliphatic rings. The third kappa shape index (κ3) is 6.61. The molecule has 0 aliphatic carbocycles. The summed E-state index contributed by atoms with van der Waals surface area (Å²) in [6.45, 7) is 2.04. The van der Waals surface area contributed by atoms with Gasteiger partial charge in [-0.25, -0.2) is 4.79 Å². The van der Waals surface area contributed by atoms with Gasteiger partial charge in [0, 0.05) is 23.5 Å². The van der Waals surface area contributed by atoms with Gasteiger partial charge < -0.3 is 24.8 Å². The topological polar surface area (TPSA) is 110 Å². The summed E-state index contributed by atoms with van der Waals surface area (Å²) in [4.78, 5) is 25.6. The second-order valence-corrected chi connectivity index (χ2v) is 9.06. The van der Waals surface area contributed by atoms with Gasteiger partial charge in [0.05, 0.1) is 47.6 Å². The van der Waals surface area contributed by atoms with E-state index >= 15 is 0 Å². The molecule has 0 spiro atoms. The van der Waals surface area contributed by atoms with Gasteiger partial charge in [-0.2, -0.15) is 5.26 Å². The first kappa shape index (κ1) is 27.1. The number of nitriles is 1. The molecule has 0 bridgehead atoms. The lowest BCUT2D eigenvalue weighted by atomic mass is 9.82. The number of amides is 1. The van der Waals surface area contributed by atoms with Crippen molar-refractivity contribution >= 4 is 40.9 Å². The Bertz CT molecular complexity index is 1220. The minimum absolute atomic E-state index is 0.0374. The Labute approximate surface area is 219 Å². The molecule has 1 aliphatic heterocycles. The van der Waals surface area contributed by atoms with E-state index in [1.807, 2.05) is 0 Å². The number of benzene rings is 2. The normalized spacial score (nSPS) is 15.1. The number of anilines is 1. The standard InChI is InChI=1S/C26H26ClN3O5S/c1-16-23(26(32)35-13-12-33-2)24(19-6-4-5-7-21(19)27)20(14-28)25(29-16)36-15-22(31)30-17-8-10-18(34-3)11-9-17/h4-11,24,29H,12-13,15H2,1-3H3,(H,30,31)/t24-/m0/s1. The molecule has 0 unspecified atom stereocenters. The maximum Gasteiger partial charge on any atom is 0.336 e. The molecule has 0 saturated heterocycles. The first-order valence-corrected chi connectivity index (χ1v) is 12.3. The van der Waals surface area contributed by atoms with Crippen molar-refractivity contribution in [2.45, 2.75) is 12.8 Å². The number of dihydropyridines is 1. The van der Waals surface area contributed by atoms with Crippen molar-refractivity contribution in [2.75, 3.05) is 38.5 Å². The Morgan fingerprint density at radius 1 is 1.14 bits per heavy atom. The Morgan fingerprint density at radius 2 is 1.86 bits per heavy atom. The van der Waals surface area contributed by atoms with Crippen LogP contribution in [0.3, 0.4) is 0 Å². The molecular formula is C26H26ClN3O5S. The number of nitrogens with one attached hydrogen (secondary N) is 2. The zero-order chi connectivity index (χ0) is 26.1. The smallest absolute Gasteiger partial charge is 0.336 e. The highest BCUT2D eigenvalue weighted by Gasteiger charge is 2.36. The van der Waals surface area contributed by atoms with Crippen LogP contribution in [-0.4, -0.2) is 45.1 Å². The lowest BCUT2D eigenvalue weighted by Crippen LogP contribution is -2.30. The van der Waals surface area contributed by atoms with Gasteiger partial charge in [-0.1, -0.05) is 41.6 Å². The van der Waals surface area contributed by atoms with Crippen LogP contribution in [0.5, 0.6) is 5.75 Å². The summed E-state index contributed by atoms with van der Waals surface area (Å²) in [5.41, 5.74) is 2.28. The minimum Gasteiger partial charge on any atom is -0.497 e. The molecule has 36 heavy (non-hydrogen) atoms. The van der Waals surface area contributed by atoms with Gasteiger partial charge in [-0.15, -0.1) is 0 Å². The predicted octanol–water partition coefficient (Wildman–Crippen LogP) is 4.61. The van der Waals surface area contributed by atoms with E-state index in [9.17, 15) is 14.9 Å². The summed E-state index contributed by atoms with van der Waals surface area (Å²) < 4.78 is 15.5. The molecule has 3 rings (SSSR count). The number of ether oxygens (including phenoxy) is 3. The van der Waals surface area contributed by atoms with Crippen LogP contribution in [0.15, 0.2) is 70.4 Å². The SMILES string of the molecule is COCCOC(=O)C1=C(C)NC(SCC(=O)Nc2ccc(OC)cc2)=C(C#N)[C@@H]1c1ccccc1Cl. The highest BCUT2D eigenvalue weighted by Crippen LogP contribution is 2.43. The third-order valence-electron chi connectivity index (χ3n) is 5.33. The second kappa shape index (κ2) is 13.0. The van der Waals surface area contributed by atoms with Crippen LogP contribution < -0.4 is 15.4 Å². The summed E-state index contributed by atoms with van der Waals surface area (Å²) in [6.07, 6.45) is 0. The molecule has 1 amide bonds. The Kier molecular flexibility index (Phi) is 9.82. The largest absolute Gasteiger partial charge is 0.497 e. The van der Waals surface area contributed by atoms with E-state index in [4.69, 9.17) is 25.8 Å². The fraction of sp³-hybridized carbons (Fsp3) is 0.269. The van der Waals surface area contributed by atoms with E-state index in [1.165, 1.54) is 18.9 Å². The summed E-state index contributed by atoms with van der Waals surface area (Å²) in [5.74, 6) is -0.863. The van der Waals surface area contributed by atoms with E-state index in [0.717, 1.165) is 0 Å². The number of hydrogen-bond acceptors (Lipinski definition) is 8. The number of carbonyl (C=O) groups excluding carboxylic acids is 2. The Morgan fingerprint density at radius 3 is 2.50 bits per heavy atom. The predicted molar refractivity (Wildman–Crippen MR) is 140 cm³/mol. The van der Waals surface area contributed by atoms with Gasteiger partial charge >= 0.3 is 5.97 Å². The fourth-order valence-corrected chi connectivity index (χ4v) is 4.76. The highest BCUT2D eigenvalue weighted by molar-refractivity contribution is 8.03. The number of thioether (sulfide) groups is 1. The number of nitrogens with zero attached hydrogens (tertiary/aromatic N) is 1. The van der Waals surface area contributed by atoms with Crippen molar-refractivity contribution in [1.82, 2.24) is 5.32 Å². The van der Waals surface area contributed by atoms with E-state index in [1.54, 1.807) is 62.6 Å². The molecule has 2 aromatic carbocycles. The Balaban J connectivity index is 1.86. The van der Waals surface area contributed by atoms with Gasteiger partial charge in [-0.05, 0) is 42.8 Å². The molecule has 8 nitrogen and oxygen atoms in total. The molecular weight excluding hydrogens is 502 g/mol. The van der Waals surface area contributed by atoms with Crippen LogP contribution in [-0.2, 0) is 19.1 Å².